The topological polar surface area (TPSA) is 41.1 Å². The van der Waals surface area contributed by atoms with Gasteiger partial charge in [0.2, 0.25) is 5.95 Å². The van der Waals surface area contributed by atoms with Crippen LogP contribution in [0.2, 0.25) is 0 Å². The fraction of sp³-hybridized carbons (Fsp3) is 0.636. The number of nitrogens with one attached hydrogen (secondary N) is 1. The van der Waals surface area contributed by atoms with E-state index in [2.05, 4.69) is 31.2 Å². The summed E-state index contributed by atoms with van der Waals surface area (Å²) < 4.78 is 38.3. The van der Waals surface area contributed by atoms with Gasteiger partial charge in [0.25, 0.3) is 0 Å². The van der Waals surface area contributed by atoms with Crippen molar-refractivity contribution in [3.8, 4) is 0 Å². The molecule has 1 aromatic heterocycles. The molecule has 0 fully saturated rings. The SMILES string of the molecule is CCNc1ncc(Br)c(N(CC(F)(F)F)C(C)C)n1. The summed E-state index contributed by atoms with van der Waals surface area (Å²) in [4.78, 5) is 9.30. The fourth-order valence-electron chi connectivity index (χ4n) is 1.50. The predicted molar refractivity (Wildman–Crippen MR) is 72.4 cm³/mol. The number of nitrogens with zero attached hydrogens (tertiary/aromatic N) is 3. The number of aromatic nitrogens is 2. The van der Waals surface area contributed by atoms with Crippen molar-refractivity contribution in [3.63, 3.8) is 0 Å². The minimum absolute atomic E-state index is 0.235. The Balaban J connectivity index is 3.10. The van der Waals surface area contributed by atoms with E-state index in [1.54, 1.807) is 13.8 Å². The molecule has 0 aliphatic rings. The maximum Gasteiger partial charge on any atom is 0.405 e. The minimum Gasteiger partial charge on any atom is -0.354 e. The molecule has 0 aromatic carbocycles. The Bertz CT molecular complexity index is 423. The number of rotatable bonds is 5. The monoisotopic (exact) mass is 340 g/mol. The van der Waals surface area contributed by atoms with Crippen molar-refractivity contribution in [2.75, 3.05) is 23.3 Å². The highest BCUT2D eigenvalue weighted by atomic mass is 79.9. The quantitative estimate of drug-likeness (QED) is 0.891. The molecule has 0 bridgehead atoms. The molecular weight excluding hydrogens is 325 g/mol. The molecule has 19 heavy (non-hydrogen) atoms. The first kappa shape index (κ1) is 16.0. The Kier molecular flexibility index (Phi) is 5.39. The maximum absolute atomic E-state index is 12.6. The fourth-order valence-corrected chi connectivity index (χ4v) is 1.92. The van der Waals surface area contributed by atoms with Crippen LogP contribution in [0.15, 0.2) is 10.7 Å². The highest BCUT2D eigenvalue weighted by molar-refractivity contribution is 9.10. The average Bonchev–Trinajstić information content (AvgIpc) is 2.28. The summed E-state index contributed by atoms with van der Waals surface area (Å²) in [5.41, 5.74) is 0. The minimum atomic E-state index is -4.28. The van der Waals surface area contributed by atoms with Gasteiger partial charge in [-0.15, -0.1) is 0 Å². The van der Waals surface area contributed by atoms with Gasteiger partial charge in [-0.25, -0.2) is 4.98 Å². The van der Waals surface area contributed by atoms with Crippen molar-refractivity contribution in [3.05, 3.63) is 10.7 Å². The second kappa shape index (κ2) is 6.40. The molecule has 0 atom stereocenters. The van der Waals surface area contributed by atoms with Crippen LogP contribution in [0.4, 0.5) is 24.9 Å². The molecule has 1 aromatic rings. The van der Waals surface area contributed by atoms with E-state index in [1.807, 2.05) is 6.92 Å². The Morgan fingerprint density at radius 2 is 2.05 bits per heavy atom. The van der Waals surface area contributed by atoms with Crippen LogP contribution in [0.25, 0.3) is 0 Å². The van der Waals surface area contributed by atoms with Gasteiger partial charge in [0, 0.05) is 18.8 Å². The van der Waals surface area contributed by atoms with Gasteiger partial charge in [-0.2, -0.15) is 18.2 Å². The summed E-state index contributed by atoms with van der Waals surface area (Å²) >= 11 is 3.20. The molecule has 1 heterocycles. The highest BCUT2D eigenvalue weighted by Gasteiger charge is 2.33. The highest BCUT2D eigenvalue weighted by Crippen LogP contribution is 2.29. The summed E-state index contributed by atoms with van der Waals surface area (Å²) in [6.45, 7) is 4.79. The first-order valence-electron chi connectivity index (χ1n) is 5.84. The molecule has 0 spiro atoms. The zero-order valence-corrected chi connectivity index (χ0v) is 12.5. The van der Waals surface area contributed by atoms with Crippen molar-refractivity contribution in [1.29, 1.82) is 0 Å². The standard InChI is InChI=1S/C11H16BrF3N4/c1-4-16-10-17-5-8(12)9(18-10)19(7(2)3)6-11(13,14)15/h5,7H,4,6H2,1-3H3,(H,16,17,18). The van der Waals surface area contributed by atoms with E-state index >= 15 is 0 Å². The summed E-state index contributed by atoms with van der Waals surface area (Å²) in [5, 5.41) is 2.88. The van der Waals surface area contributed by atoms with Crippen molar-refractivity contribution in [2.24, 2.45) is 0 Å². The number of hydrogen-bond donors (Lipinski definition) is 1. The van der Waals surface area contributed by atoms with E-state index < -0.39 is 12.7 Å². The molecule has 0 unspecified atom stereocenters. The molecule has 4 nitrogen and oxygen atoms in total. The number of hydrogen-bond acceptors (Lipinski definition) is 4. The third-order valence-corrected chi connectivity index (χ3v) is 2.86. The van der Waals surface area contributed by atoms with E-state index in [9.17, 15) is 13.2 Å². The lowest BCUT2D eigenvalue weighted by atomic mass is 10.3. The molecule has 0 aliphatic heterocycles. The number of anilines is 2. The van der Waals surface area contributed by atoms with Crippen LogP contribution in [-0.4, -0.2) is 35.3 Å². The van der Waals surface area contributed by atoms with Crippen LogP contribution in [0, 0.1) is 0 Å². The van der Waals surface area contributed by atoms with E-state index in [0.29, 0.717) is 17.0 Å². The largest absolute Gasteiger partial charge is 0.405 e. The van der Waals surface area contributed by atoms with E-state index in [4.69, 9.17) is 0 Å². The first-order chi connectivity index (χ1) is 8.74. The van der Waals surface area contributed by atoms with Crippen molar-refractivity contribution in [1.82, 2.24) is 9.97 Å². The van der Waals surface area contributed by atoms with Crippen molar-refractivity contribution >= 4 is 27.7 Å². The Labute approximate surface area is 118 Å². The maximum atomic E-state index is 12.6. The van der Waals surface area contributed by atoms with Crippen molar-refractivity contribution in [2.45, 2.75) is 33.0 Å². The van der Waals surface area contributed by atoms with Crippen LogP contribution >= 0.6 is 15.9 Å². The lowest BCUT2D eigenvalue weighted by molar-refractivity contribution is -0.120. The third-order valence-electron chi connectivity index (χ3n) is 2.31. The smallest absolute Gasteiger partial charge is 0.354 e. The van der Waals surface area contributed by atoms with Gasteiger partial charge < -0.3 is 10.2 Å². The van der Waals surface area contributed by atoms with Crippen molar-refractivity contribution < 1.29 is 13.2 Å². The predicted octanol–water partition coefficient (Wildman–Crippen LogP) is 3.45. The van der Waals surface area contributed by atoms with E-state index in [0.717, 1.165) is 0 Å². The van der Waals surface area contributed by atoms with Gasteiger partial charge in [-0.1, -0.05) is 0 Å². The molecule has 1 N–H and O–H groups in total. The zero-order valence-electron chi connectivity index (χ0n) is 10.9. The molecule has 0 radical (unpaired) electrons. The molecule has 108 valence electrons. The zero-order chi connectivity index (χ0) is 14.6. The summed E-state index contributed by atoms with van der Waals surface area (Å²) in [7, 11) is 0. The Morgan fingerprint density at radius 3 is 2.53 bits per heavy atom. The van der Waals surface area contributed by atoms with Crippen LogP contribution in [0.5, 0.6) is 0 Å². The molecule has 0 amide bonds. The van der Waals surface area contributed by atoms with Crippen LogP contribution in [-0.2, 0) is 0 Å². The van der Waals surface area contributed by atoms with Gasteiger partial charge in [-0.05, 0) is 36.7 Å². The lowest BCUT2D eigenvalue weighted by Crippen LogP contribution is -2.40. The van der Waals surface area contributed by atoms with Gasteiger partial charge in [0.05, 0.1) is 4.47 Å². The number of halogens is 4. The van der Waals surface area contributed by atoms with E-state index in [1.165, 1.54) is 11.1 Å². The van der Waals surface area contributed by atoms with E-state index in [-0.39, 0.29) is 11.9 Å². The molecule has 8 heteroatoms. The third kappa shape index (κ3) is 4.85. The van der Waals surface area contributed by atoms with Gasteiger partial charge >= 0.3 is 6.18 Å². The summed E-state index contributed by atoms with van der Waals surface area (Å²) in [6.07, 6.45) is -2.83. The van der Waals surface area contributed by atoms with Crippen LogP contribution < -0.4 is 10.2 Å². The second-order valence-corrected chi connectivity index (χ2v) is 5.09. The molecular formula is C11H16BrF3N4. The lowest BCUT2D eigenvalue weighted by Gasteiger charge is -2.29. The summed E-state index contributed by atoms with van der Waals surface area (Å²) in [6, 6.07) is -0.331. The Morgan fingerprint density at radius 1 is 1.42 bits per heavy atom. The van der Waals surface area contributed by atoms with Gasteiger partial charge in [0.1, 0.15) is 12.4 Å². The Hall–Kier alpha value is -1.05. The molecule has 0 aliphatic carbocycles. The summed E-state index contributed by atoms with van der Waals surface area (Å²) in [5.74, 6) is 0.548. The molecule has 1 rings (SSSR count). The van der Waals surface area contributed by atoms with Crippen LogP contribution in [0.1, 0.15) is 20.8 Å². The van der Waals surface area contributed by atoms with Crippen LogP contribution in [0.3, 0.4) is 0 Å². The molecule has 0 saturated carbocycles. The van der Waals surface area contributed by atoms with Gasteiger partial charge in [0.15, 0.2) is 0 Å². The second-order valence-electron chi connectivity index (χ2n) is 4.23. The molecule has 0 saturated heterocycles. The van der Waals surface area contributed by atoms with Gasteiger partial charge in [-0.3, -0.25) is 0 Å². The average molecular weight is 341 g/mol. The normalized spacial score (nSPS) is 11.8. The first-order valence-corrected chi connectivity index (χ1v) is 6.63. The number of alkyl halides is 3.